The molecule has 19 heavy (non-hydrogen) atoms. The van der Waals surface area contributed by atoms with E-state index in [9.17, 15) is 0 Å². The second-order valence-electron chi connectivity index (χ2n) is 4.68. The number of ether oxygens (including phenoxy) is 1. The summed E-state index contributed by atoms with van der Waals surface area (Å²) in [7, 11) is 0. The predicted octanol–water partition coefficient (Wildman–Crippen LogP) is 4.05. The first-order valence-corrected chi connectivity index (χ1v) is 6.81. The molecule has 0 radical (unpaired) electrons. The van der Waals surface area contributed by atoms with Crippen molar-refractivity contribution in [1.82, 2.24) is 9.97 Å². The smallest absolute Gasteiger partial charge is 0.236 e. The van der Waals surface area contributed by atoms with Crippen LogP contribution in [0.25, 0.3) is 0 Å². The number of benzene rings is 1. The third kappa shape index (κ3) is 3.04. The Labute approximate surface area is 121 Å². The van der Waals surface area contributed by atoms with Gasteiger partial charge < -0.3 is 10.5 Å². The molecule has 0 saturated carbocycles. The number of halogens is 1. The number of hydrogen-bond donors (Lipinski definition) is 1. The number of nitrogen functional groups attached to an aromatic ring is 1. The van der Waals surface area contributed by atoms with Gasteiger partial charge in [0.05, 0.1) is 4.47 Å². The van der Waals surface area contributed by atoms with Crippen molar-refractivity contribution in [1.29, 1.82) is 0 Å². The minimum atomic E-state index is 0.318. The molecule has 0 aliphatic carbocycles. The van der Waals surface area contributed by atoms with Crippen LogP contribution in [0.15, 0.2) is 29.1 Å². The molecule has 0 bridgehead atoms. The molecule has 0 saturated heterocycles. The van der Waals surface area contributed by atoms with E-state index in [1.165, 1.54) is 6.33 Å². The fourth-order valence-electron chi connectivity index (χ4n) is 1.74. The van der Waals surface area contributed by atoms with E-state index in [1.54, 1.807) is 6.20 Å². The zero-order valence-corrected chi connectivity index (χ0v) is 12.7. The first kappa shape index (κ1) is 13.8. The maximum absolute atomic E-state index is 5.96. The van der Waals surface area contributed by atoms with Crippen LogP contribution < -0.4 is 10.5 Å². The van der Waals surface area contributed by atoms with Crippen LogP contribution in [0.1, 0.15) is 30.9 Å². The quantitative estimate of drug-likeness (QED) is 0.866. The minimum Gasteiger partial charge on any atom is -0.437 e. The molecule has 2 aromatic rings. The molecule has 5 heteroatoms. The van der Waals surface area contributed by atoms with E-state index in [0.717, 1.165) is 27.0 Å². The van der Waals surface area contributed by atoms with Crippen LogP contribution in [0.4, 0.5) is 5.69 Å². The highest BCUT2D eigenvalue weighted by atomic mass is 79.9. The van der Waals surface area contributed by atoms with Crippen molar-refractivity contribution >= 4 is 21.6 Å². The van der Waals surface area contributed by atoms with Crippen molar-refractivity contribution in [2.75, 3.05) is 5.73 Å². The molecule has 0 aliphatic heterocycles. The number of aryl methyl sites for hydroxylation is 1. The van der Waals surface area contributed by atoms with Crippen molar-refractivity contribution in [2.24, 2.45) is 0 Å². The Morgan fingerprint density at radius 3 is 2.68 bits per heavy atom. The molecule has 2 rings (SSSR count). The summed E-state index contributed by atoms with van der Waals surface area (Å²) in [6.45, 7) is 6.17. The summed E-state index contributed by atoms with van der Waals surface area (Å²) in [5.41, 5.74) is 8.79. The van der Waals surface area contributed by atoms with Gasteiger partial charge in [-0.1, -0.05) is 13.8 Å². The van der Waals surface area contributed by atoms with E-state index in [2.05, 4.69) is 39.7 Å². The second-order valence-corrected chi connectivity index (χ2v) is 5.53. The number of nitrogens with zero attached hydrogens (tertiary/aromatic N) is 2. The minimum absolute atomic E-state index is 0.318. The maximum Gasteiger partial charge on any atom is 0.236 e. The summed E-state index contributed by atoms with van der Waals surface area (Å²) in [5.74, 6) is 1.60. The van der Waals surface area contributed by atoms with Gasteiger partial charge in [0.1, 0.15) is 12.1 Å². The molecule has 100 valence electrons. The first-order chi connectivity index (χ1) is 8.99. The third-order valence-electron chi connectivity index (χ3n) is 2.86. The normalized spacial score (nSPS) is 10.8. The SMILES string of the molecule is Cc1cc(Oc2ncncc2Br)c(C(C)C)cc1N. The van der Waals surface area contributed by atoms with Crippen molar-refractivity contribution in [3.05, 3.63) is 40.3 Å². The number of anilines is 1. The maximum atomic E-state index is 5.96. The van der Waals surface area contributed by atoms with Gasteiger partial charge in [-0.3, -0.25) is 0 Å². The van der Waals surface area contributed by atoms with Gasteiger partial charge in [0.25, 0.3) is 0 Å². The van der Waals surface area contributed by atoms with Crippen molar-refractivity contribution in [3.63, 3.8) is 0 Å². The lowest BCUT2D eigenvalue weighted by atomic mass is 9.99. The third-order valence-corrected chi connectivity index (χ3v) is 3.40. The van der Waals surface area contributed by atoms with Gasteiger partial charge in [-0.2, -0.15) is 0 Å². The van der Waals surface area contributed by atoms with E-state index in [4.69, 9.17) is 10.5 Å². The van der Waals surface area contributed by atoms with E-state index in [1.807, 2.05) is 19.1 Å². The van der Waals surface area contributed by atoms with Gasteiger partial charge in [0.15, 0.2) is 0 Å². The Bertz CT molecular complexity index is 599. The van der Waals surface area contributed by atoms with Crippen LogP contribution in [0.5, 0.6) is 11.6 Å². The largest absolute Gasteiger partial charge is 0.437 e. The molecule has 0 spiro atoms. The van der Waals surface area contributed by atoms with Gasteiger partial charge in [0, 0.05) is 11.9 Å². The van der Waals surface area contributed by atoms with Crippen LogP contribution in [0.3, 0.4) is 0 Å². The number of aromatic nitrogens is 2. The lowest BCUT2D eigenvalue weighted by Gasteiger charge is -2.16. The fraction of sp³-hybridized carbons (Fsp3) is 0.286. The zero-order chi connectivity index (χ0) is 14.0. The van der Waals surface area contributed by atoms with Crippen LogP contribution in [0.2, 0.25) is 0 Å². The van der Waals surface area contributed by atoms with Gasteiger partial charge >= 0.3 is 0 Å². The second kappa shape index (κ2) is 5.57. The molecular formula is C14H16BrN3O. The van der Waals surface area contributed by atoms with Gasteiger partial charge in [0.2, 0.25) is 5.88 Å². The summed E-state index contributed by atoms with van der Waals surface area (Å²) in [6.07, 6.45) is 3.11. The van der Waals surface area contributed by atoms with Crippen molar-refractivity contribution in [2.45, 2.75) is 26.7 Å². The van der Waals surface area contributed by atoms with Crippen LogP contribution in [-0.4, -0.2) is 9.97 Å². The molecule has 1 heterocycles. The Balaban J connectivity index is 2.45. The monoisotopic (exact) mass is 321 g/mol. The zero-order valence-electron chi connectivity index (χ0n) is 11.1. The average molecular weight is 322 g/mol. The van der Waals surface area contributed by atoms with Crippen LogP contribution in [0, 0.1) is 6.92 Å². The molecule has 1 aromatic carbocycles. The summed E-state index contributed by atoms with van der Waals surface area (Å²) in [4.78, 5) is 8.03. The standard InChI is InChI=1S/C14H16BrN3O/c1-8(2)10-5-12(16)9(3)4-13(10)19-14-11(15)6-17-7-18-14/h4-8H,16H2,1-3H3. The Hall–Kier alpha value is -1.62. The molecular weight excluding hydrogens is 306 g/mol. The van der Waals surface area contributed by atoms with Crippen molar-refractivity contribution in [3.8, 4) is 11.6 Å². The van der Waals surface area contributed by atoms with Crippen molar-refractivity contribution < 1.29 is 4.74 Å². The van der Waals surface area contributed by atoms with E-state index < -0.39 is 0 Å². The lowest BCUT2D eigenvalue weighted by Crippen LogP contribution is -2.00. The molecule has 0 fully saturated rings. The highest BCUT2D eigenvalue weighted by Gasteiger charge is 2.13. The topological polar surface area (TPSA) is 61.0 Å². The van der Waals surface area contributed by atoms with Crippen LogP contribution >= 0.6 is 15.9 Å². The molecule has 0 amide bonds. The Morgan fingerprint density at radius 2 is 2.05 bits per heavy atom. The van der Waals surface area contributed by atoms with E-state index >= 15 is 0 Å². The molecule has 4 nitrogen and oxygen atoms in total. The van der Waals surface area contributed by atoms with E-state index in [0.29, 0.717) is 11.8 Å². The molecule has 0 unspecified atom stereocenters. The Kier molecular flexibility index (Phi) is 4.04. The molecule has 2 N–H and O–H groups in total. The molecule has 0 atom stereocenters. The average Bonchev–Trinajstić information content (AvgIpc) is 2.36. The number of rotatable bonds is 3. The summed E-state index contributed by atoms with van der Waals surface area (Å²) in [5, 5.41) is 0. The predicted molar refractivity (Wildman–Crippen MR) is 79.5 cm³/mol. The van der Waals surface area contributed by atoms with Crippen LogP contribution in [-0.2, 0) is 0 Å². The highest BCUT2D eigenvalue weighted by Crippen LogP contribution is 2.35. The highest BCUT2D eigenvalue weighted by molar-refractivity contribution is 9.10. The first-order valence-electron chi connectivity index (χ1n) is 6.02. The lowest BCUT2D eigenvalue weighted by molar-refractivity contribution is 0.449. The number of hydrogen-bond acceptors (Lipinski definition) is 4. The fourth-order valence-corrected chi connectivity index (χ4v) is 2.04. The Morgan fingerprint density at radius 1 is 1.32 bits per heavy atom. The van der Waals surface area contributed by atoms with Gasteiger partial charge in [-0.05, 0) is 52.0 Å². The number of nitrogens with two attached hydrogens (primary N) is 1. The molecule has 0 aliphatic rings. The van der Waals surface area contributed by atoms with Gasteiger partial charge in [-0.25, -0.2) is 9.97 Å². The summed E-state index contributed by atoms with van der Waals surface area (Å²) >= 11 is 3.37. The van der Waals surface area contributed by atoms with E-state index in [-0.39, 0.29) is 0 Å². The summed E-state index contributed by atoms with van der Waals surface area (Å²) < 4.78 is 6.61. The summed E-state index contributed by atoms with van der Waals surface area (Å²) in [6, 6.07) is 3.91. The molecule has 1 aromatic heterocycles. The van der Waals surface area contributed by atoms with Gasteiger partial charge in [-0.15, -0.1) is 0 Å².